The molecule has 0 aromatic heterocycles. The number of amides is 2. The normalized spacial score (nSPS) is 11.7. The van der Waals surface area contributed by atoms with Crippen molar-refractivity contribution in [3.63, 3.8) is 0 Å². The topological polar surface area (TPSA) is 114 Å². The summed E-state index contributed by atoms with van der Waals surface area (Å²) in [5.74, 6) is 0.258. The second-order valence-corrected chi connectivity index (χ2v) is 12.7. The van der Waals surface area contributed by atoms with E-state index in [4.69, 9.17) is 14.2 Å². The number of rotatable bonds is 15. The van der Waals surface area contributed by atoms with Gasteiger partial charge in [0.05, 0.1) is 31.9 Å². The zero-order valence-electron chi connectivity index (χ0n) is 27.3. The van der Waals surface area contributed by atoms with Crippen LogP contribution in [0.3, 0.4) is 0 Å². The number of nitrogens with one attached hydrogen (secondary N) is 1. The summed E-state index contributed by atoms with van der Waals surface area (Å²) >= 11 is 0. The van der Waals surface area contributed by atoms with Crippen LogP contribution in [0.5, 0.6) is 17.2 Å². The van der Waals surface area contributed by atoms with E-state index in [2.05, 4.69) is 5.32 Å². The molecule has 0 aliphatic rings. The highest BCUT2D eigenvalue weighted by Gasteiger charge is 2.35. The van der Waals surface area contributed by atoms with Gasteiger partial charge < -0.3 is 24.4 Å². The molecule has 0 aliphatic carbocycles. The minimum Gasteiger partial charge on any atom is -0.497 e. The van der Waals surface area contributed by atoms with Gasteiger partial charge in [0, 0.05) is 25.6 Å². The third kappa shape index (κ3) is 8.62. The number of ether oxygens (including phenoxy) is 3. The van der Waals surface area contributed by atoms with Crippen LogP contribution < -0.4 is 23.8 Å². The predicted octanol–water partition coefficient (Wildman–Crippen LogP) is 4.99. The first-order valence-corrected chi connectivity index (χ1v) is 16.6. The van der Waals surface area contributed by atoms with Gasteiger partial charge in [-0.3, -0.25) is 13.9 Å². The van der Waals surface area contributed by atoms with Crippen molar-refractivity contribution in [1.29, 1.82) is 0 Å². The standard InChI is InChI=1S/C36H41N3O7S/c1-6-37-36(41)32(22-27-11-8-7-9-12-27)38(24-28-13-10-14-30(21-28)44-3)35(40)25-39(29-17-15-26(2)16-18-29)47(42,43)31-19-20-33(45-4)34(23-31)46-5/h7-21,23,32H,6,22,24-25H2,1-5H3,(H,37,41). The first-order valence-electron chi connectivity index (χ1n) is 15.2. The number of carbonyl (C=O) groups excluding carboxylic acids is 2. The molecular weight excluding hydrogens is 618 g/mol. The van der Waals surface area contributed by atoms with Crippen LogP contribution in [0.15, 0.2) is 102 Å². The molecule has 0 bridgehead atoms. The average molecular weight is 660 g/mol. The Kier molecular flexibility index (Phi) is 11.9. The lowest BCUT2D eigenvalue weighted by Crippen LogP contribution is -2.53. The van der Waals surface area contributed by atoms with Crippen molar-refractivity contribution in [3.05, 3.63) is 114 Å². The summed E-state index contributed by atoms with van der Waals surface area (Å²) in [5.41, 5.74) is 2.77. The number of benzene rings is 4. The van der Waals surface area contributed by atoms with E-state index in [9.17, 15) is 18.0 Å². The molecule has 248 valence electrons. The third-order valence-electron chi connectivity index (χ3n) is 7.65. The van der Waals surface area contributed by atoms with Crippen molar-refractivity contribution in [2.75, 3.05) is 38.7 Å². The van der Waals surface area contributed by atoms with E-state index < -0.39 is 28.5 Å². The van der Waals surface area contributed by atoms with Crippen LogP contribution in [-0.2, 0) is 32.6 Å². The van der Waals surface area contributed by atoms with Crippen LogP contribution >= 0.6 is 0 Å². The molecule has 0 saturated heterocycles. The van der Waals surface area contributed by atoms with Gasteiger partial charge in [-0.1, -0.05) is 60.2 Å². The second kappa shape index (κ2) is 16.0. The van der Waals surface area contributed by atoms with Crippen LogP contribution in [0.2, 0.25) is 0 Å². The van der Waals surface area contributed by atoms with Crippen molar-refractivity contribution < 1.29 is 32.2 Å². The molecule has 10 nitrogen and oxygen atoms in total. The molecule has 4 aromatic carbocycles. The number of anilines is 1. The van der Waals surface area contributed by atoms with Crippen molar-refractivity contribution in [2.24, 2.45) is 0 Å². The van der Waals surface area contributed by atoms with Gasteiger partial charge in [-0.15, -0.1) is 0 Å². The highest BCUT2D eigenvalue weighted by molar-refractivity contribution is 7.92. The van der Waals surface area contributed by atoms with Gasteiger partial charge in [-0.25, -0.2) is 8.42 Å². The number of carbonyl (C=O) groups is 2. The van der Waals surface area contributed by atoms with Crippen molar-refractivity contribution in [1.82, 2.24) is 10.2 Å². The first kappa shape index (κ1) is 34.8. The van der Waals surface area contributed by atoms with Crippen molar-refractivity contribution in [3.8, 4) is 17.2 Å². The highest BCUT2D eigenvalue weighted by atomic mass is 32.2. The largest absolute Gasteiger partial charge is 0.497 e. The minimum absolute atomic E-state index is 0.0306. The van der Waals surface area contributed by atoms with Gasteiger partial charge in [0.25, 0.3) is 10.0 Å². The van der Waals surface area contributed by atoms with Crippen LogP contribution in [0, 0.1) is 6.92 Å². The smallest absolute Gasteiger partial charge is 0.264 e. The molecule has 0 radical (unpaired) electrons. The van der Waals surface area contributed by atoms with Crippen molar-refractivity contribution >= 4 is 27.5 Å². The van der Waals surface area contributed by atoms with E-state index in [1.54, 1.807) is 56.5 Å². The van der Waals surface area contributed by atoms with Crippen LogP contribution in [0.4, 0.5) is 5.69 Å². The van der Waals surface area contributed by atoms with Gasteiger partial charge in [0.1, 0.15) is 18.3 Å². The zero-order valence-corrected chi connectivity index (χ0v) is 28.1. The van der Waals surface area contributed by atoms with E-state index in [0.717, 1.165) is 15.4 Å². The zero-order chi connectivity index (χ0) is 34.0. The molecular formula is C36H41N3O7S. The summed E-state index contributed by atoms with van der Waals surface area (Å²) < 4.78 is 45.8. The summed E-state index contributed by atoms with van der Waals surface area (Å²) in [7, 11) is 0.103. The molecule has 0 spiro atoms. The molecule has 47 heavy (non-hydrogen) atoms. The first-order chi connectivity index (χ1) is 22.6. The molecule has 0 fully saturated rings. The Hall–Kier alpha value is -5.03. The maximum Gasteiger partial charge on any atom is 0.264 e. The maximum absolute atomic E-state index is 14.6. The fourth-order valence-electron chi connectivity index (χ4n) is 5.16. The molecule has 4 rings (SSSR count). The minimum atomic E-state index is -4.32. The fourth-order valence-corrected chi connectivity index (χ4v) is 6.59. The summed E-state index contributed by atoms with van der Waals surface area (Å²) in [5, 5.41) is 2.87. The molecule has 0 aliphatic heterocycles. The van der Waals surface area contributed by atoms with E-state index in [1.165, 1.54) is 37.3 Å². The highest BCUT2D eigenvalue weighted by Crippen LogP contribution is 2.32. The van der Waals surface area contributed by atoms with E-state index in [0.29, 0.717) is 23.6 Å². The van der Waals surface area contributed by atoms with Gasteiger partial charge >= 0.3 is 0 Å². The Morgan fingerprint density at radius 1 is 0.787 bits per heavy atom. The number of likely N-dealkylation sites (N-methyl/N-ethyl adjacent to an activating group) is 1. The lowest BCUT2D eigenvalue weighted by molar-refractivity contribution is -0.140. The van der Waals surface area contributed by atoms with Crippen LogP contribution in [0.1, 0.15) is 23.6 Å². The number of nitrogens with zero attached hydrogens (tertiary/aromatic N) is 2. The summed E-state index contributed by atoms with van der Waals surface area (Å²) in [6.45, 7) is 3.50. The molecule has 1 N–H and O–H groups in total. The van der Waals surface area contributed by atoms with Gasteiger partial charge in [-0.05, 0) is 61.4 Å². The Morgan fingerprint density at radius 3 is 2.11 bits per heavy atom. The number of hydrogen-bond acceptors (Lipinski definition) is 7. The Morgan fingerprint density at radius 2 is 1.47 bits per heavy atom. The molecule has 1 atom stereocenters. The maximum atomic E-state index is 14.6. The molecule has 4 aromatic rings. The Bertz CT molecular complexity index is 1760. The van der Waals surface area contributed by atoms with E-state index in [1.807, 2.05) is 43.3 Å². The monoisotopic (exact) mass is 659 g/mol. The number of hydrogen-bond donors (Lipinski definition) is 1. The fraction of sp³-hybridized carbons (Fsp3) is 0.278. The van der Waals surface area contributed by atoms with Crippen molar-refractivity contribution in [2.45, 2.75) is 37.8 Å². The number of sulfonamides is 1. The van der Waals surface area contributed by atoms with E-state index >= 15 is 0 Å². The summed E-state index contributed by atoms with van der Waals surface area (Å²) in [4.78, 5) is 29.6. The van der Waals surface area contributed by atoms with Crippen LogP contribution in [0.25, 0.3) is 0 Å². The quantitative estimate of drug-likeness (QED) is 0.191. The number of aryl methyl sites for hydroxylation is 1. The predicted molar refractivity (Wildman–Crippen MR) is 181 cm³/mol. The lowest BCUT2D eigenvalue weighted by atomic mass is 10.0. The molecule has 2 amide bonds. The van der Waals surface area contributed by atoms with E-state index in [-0.39, 0.29) is 35.2 Å². The Balaban J connectivity index is 1.82. The average Bonchev–Trinajstić information content (AvgIpc) is 3.09. The third-order valence-corrected chi connectivity index (χ3v) is 9.42. The van der Waals surface area contributed by atoms with Gasteiger partial charge in [0.2, 0.25) is 11.8 Å². The van der Waals surface area contributed by atoms with Crippen LogP contribution in [-0.4, -0.2) is 65.6 Å². The Labute approximate surface area is 276 Å². The molecule has 0 saturated carbocycles. The lowest BCUT2D eigenvalue weighted by Gasteiger charge is -2.34. The second-order valence-electron chi connectivity index (χ2n) is 10.8. The van der Waals surface area contributed by atoms with Gasteiger partial charge in [0.15, 0.2) is 11.5 Å². The summed E-state index contributed by atoms with van der Waals surface area (Å²) in [6.07, 6.45) is 0.218. The SMILES string of the molecule is CCNC(=O)C(Cc1ccccc1)N(Cc1cccc(OC)c1)C(=O)CN(c1ccc(C)cc1)S(=O)(=O)c1ccc(OC)c(OC)c1. The molecule has 11 heteroatoms. The molecule has 0 heterocycles. The number of methoxy groups -OCH3 is 3. The van der Waals surface area contributed by atoms with Gasteiger partial charge in [-0.2, -0.15) is 0 Å². The molecule has 1 unspecified atom stereocenters. The summed E-state index contributed by atoms with van der Waals surface area (Å²) in [6, 6.07) is 26.8.